The summed E-state index contributed by atoms with van der Waals surface area (Å²) in [5.41, 5.74) is 4.08. The number of nitrogens with one attached hydrogen (secondary N) is 1. The Morgan fingerprint density at radius 3 is 2.86 bits per heavy atom. The van der Waals surface area contributed by atoms with Crippen LogP contribution in [0.1, 0.15) is 42.8 Å². The largest absolute Gasteiger partial charge is 0.337 e. The van der Waals surface area contributed by atoms with E-state index in [9.17, 15) is 4.79 Å². The number of urea groups is 1. The van der Waals surface area contributed by atoms with Gasteiger partial charge in [0.05, 0.1) is 0 Å². The van der Waals surface area contributed by atoms with Gasteiger partial charge < -0.3 is 14.7 Å². The molecule has 6 nitrogen and oxygen atoms in total. The molecule has 0 aliphatic carbocycles. The van der Waals surface area contributed by atoms with Gasteiger partial charge in [-0.1, -0.05) is 54.0 Å². The van der Waals surface area contributed by atoms with Gasteiger partial charge in [-0.3, -0.25) is 0 Å². The van der Waals surface area contributed by atoms with E-state index >= 15 is 0 Å². The van der Waals surface area contributed by atoms with Crippen molar-refractivity contribution in [3.8, 4) is 11.4 Å². The Bertz CT molecular complexity index is 965. The smallest absolute Gasteiger partial charge is 0.322 e. The van der Waals surface area contributed by atoms with Crippen LogP contribution >= 0.6 is 0 Å². The number of hydrogen-bond acceptors (Lipinski definition) is 4. The summed E-state index contributed by atoms with van der Waals surface area (Å²) in [6.07, 6.45) is 2.66. The molecular formula is C22H24N4O2. The molecule has 0 spiro atoms. The third-order valence-electron chi connectivity index (χ3n) is 5.14. The molecule has 4 rings (SSSR count). The van der Waals surface area contributed by atoms with Gasteiger partial charge in [0.2, 0.25) is 11.7 Å². The van der Waals surface area contributed by atoms with Gasteiger partial charge in [0.1, 0.15) is 6.04 Å². The second-order valence-corrected chi connectivity index (χ2v) is 7.16. The van der Waals surface area contributed by atoms with E-state index in [1.807, 2.05) is 49.4 Å². The molecule has 1 N–H and O–H groups in total. The number of aryl methyl sites for hydroxylation is 2. The lowest BCUT2D eigenvalue weighted by Crippen LogP contribution is -2.34. The summed E-state index contributed by atoms with van der Waals surface area (Å²) >= 11 is 0. The number of benzene rings is 2. The van der Waals surface area contributed by atoms with E-state index in [0.717, 1.165) is 30.5 Å². The van der Waals surface area contributed by atoms with Crippen molar-refractivity contribution in [3.05, 3.63) is 65.5 Å². The lowest BCUT2D eigenvalue weighted by Gasteiger charge is -2.22. The fourth-order valence-electron chi connectivity index (χ4n) is 3.52. The van der Waals surface area contributed by atoms with E-state index in [1.54, 1.807) is 4.90 Å². The second-order valence-electron chi connectivity index (χ2n) is 7.16. The molecule has 1 aliphatic rings. The van der Waals surface area contributed by atoms with Crippen LogP contribution in [0.4, 0.5) is 10.5 Å². The third-order valence-corrected chi connectivity index (χ3v) is 5.14. The molecular weight excluding hydrogens is 352 g/mol. The zero-order valence-corrected chi connectivity index (χ0v) is 16.2. The van der Waals surface area contributed by atoms with Crippen molar-refractivity contribution in [2.24, 2.45) is 0 Å². The average molecular weight is 376 g/mol. The van der Waals surface area contributed by atoms with Crippen molar-refractivity contribution in [3.63, 3.8) is 0 Å². The Labute approximate surface area is 164 Å². The highest BCUT2D eigenvalue weighted by molar-refractivity contribution is 5.89. The van der Waals surface area contributed by atoms with E-state index in [1.165, 1.54) is 11.1 Å². The number of amides is 2. The fourth-order valence-corrected chi connectivity index (χ4v) is 3.52. The Kier molecular flexibility index (Phi) is 5.10. The first-order valence-electron chi connectivity index (χ1n) is 9.71. The zero-order valence-electron chi connectivity index (χ0n) is 16.2. The van der Waals surface area contributed by atoms with Crippen LogP contribution in [-0.2, 0) is 6.42 Å². The van der Waals surface area contributed by atoms with E-state index in [-0.39, 0.29) is 12.1 Å². The lowest BCUT2D eigenvalue weighted by molar-refractivity contribution is 0.193. The molecule has 0 unspecified atom stereocenters. The number of anilines is 1. The molecule has 6 heteroatoms. The Morgan fingerprint density at radius 2 is 2.07 bits per heavy atom. The van der Waals surface area contributed by atoms with E-state index < -0.39 is 0 Å². The normalized spacial score (nSPS) is 16.4. The summed E-state index contributed by atoms with van der Waals surface area (Å²) in [5, 5.41) is 7.12. The van der Waals surface area contributed by atoms with Gasteiger partial charge in [0.15, 0.2) is 0 Å². The minimum absolute atomic E-state index is 0.133. The molecule has 144 valence electrons. The van der Waals surface area contributed by atoms with Gasteiger partial charge in [-0.05, 0) is 43.9 Å². The van der Waals surface area contributed by atoms with Gasteiger partial charge in [0.25, 0.3) is 0 Å². The molecule has 1 saturated heterocycles. The number of hydrogen-bond donors (Lipinski definition) is 1. The zero-order chi connectivity index (χ0) is 19.5. The highest BCUT2D eigenvalue weighted by Crippen LogP contribution is 2.32. The van der Waals surface area contributed by atoms with Crippen LogP contribution in [-0.4, -0.2) is 27.6 Å². The molecule has 2 amide bonds. The van der Waals surface area contributed by atoms with Crippen molar-refractivity contribution in [2.75, 3.05) is 11.9 Å². The molecule has 0 radical (unpaired) electrons. The lowest BCUT2D eigenvalue weighted by atomic mass is 10.1. The van der Waals surface area contributed by atoms with Crippen LogP contribution in [0.15, 0.2) is 53.1 Å². The van der Waals surface area contributed by atoms with Crippen LogP contribution in [0.2, 0.25) is 0 Å². The van der Waals surface area contributed by atoms with Crippen molar-refractivity contribution < 1.29 is 9.32 Å². The maximum atomic E-state index is 12.8. The first kappa shape index (κ1) is 18.2. The molecule has 1 aliphatic heterocycles. The van der Waals surface area contributed by atoms with Gasteiger partial charge in [-0.15, -0.1) is 0 Å². The number of rotatable bonds is 4. The Balaban J connectivity index is 1.50. The van der Waals surface area contributed by atoms with Crippen LogP contribution < -0.4 is 5.32 Å². The number of likely N-dealkylation sites (tertiary alicyclic amines) is 1. The third kappa shape index (κ3) is 3.76. The molecule has 1 aromatic heterocycles. The number of aromatic nitrogens is 2. The van der Waals surface area contributed by atoms with E-state index in [0.29, 0.717) is 18.3 Å². The van der Waals surface area contributed by atoms with Crippen molar-refractivity contribution in [2.45, 2.75) is 39.2 Å². The Morgan fingerprint density at radius 1 is 1.25 bits per heavy atom. The van der Waals surface area contributed by atoms with Crippen LogP contribution in [0.5, 0.6) is 0 Å². The fraction of sp³-hybridized carbons (Fsp3) is 0.318. The van der Waals surface area contributed by atoms with Gasteiger partial charge in [0, 0.05) is 17.8 Å². The predicted octanol–water partition coefficient (Wildman–Crippen LogP) is 4.98. The van der Waals surface area contributed by atoms with E-state index in [4.69, 9.17) is 4.52 Å². The molecule has 28 heavy (non-hydrogen) atoms. The minimum atomic E-state index is -0.193. The number of carbonyl (C=O) groups is 1. The summed E-state index contributed by atoms with van der Waals surface area (Å²) in [7, 11) is 0. The topological polar surface area (TPSA) is 71.3 Å². The molecule has 3 aromatic rings. The van der Waals surface area contributed by atoms with E-state index in [2.05, 4.69) is 28.4 Å². The summed E-state index contributed by atoms with van der Waals surface area (Å²) < 4.78 is 5.52. The summed E-state index contributed by atoms with van der Waals surface area (Å²) in [4.78, 5) is 19.2. The maximum Gasteiger partial charge on any atom is 0.322 e. The molecule has 1 atom stereocenters. The number of nitrogens with zero attached hydrogens (tertiary/aromatic N) is 3. The van der Waals surface area contributed by atoms with Gasteiger partial charge in [-0.25, -0.2) is 4.79 Å². The molecule has 2 aromatic carbocycles. The van der Waals surface area contributed by atoms with Crippen LogP contribution in [0, 0.1) is 6.92 Å². The maximum absolute atomic E-state index is 12.8. The predicted molar refractivity (Wildman–Crippen MR) is 108 cm³/mol. The monoisotopic (exact) mass is 376 g/mol. The summed E-state index contributed by atoms with van der Waals surface area (Å²) in [5.74, 6) is 1.04. The van der Waals surface area contributed by atoms with Crippen LogP contribution in [0.25, 0.3) is 11.4 Å². The second kappa shape index (κ2) is 7.84. The molecule has 2 heterocycles. The standard InChI is InChI=1S/C22H24N4O2/c1-3-16-6-4-7-18(14-16)23-22(27)26-13-5-8-19(26)21-24-20(25-28-21)17-11-9-15(2)10-12-17/h4,6-7,9-12,14,19H,3,5,8,13H2,1-2H3,(H,23,27)/t19-/m1/s1. The van der Waals surface area contributed by atoms with Gasteiger partial charge >= 0.3 is 6.03 Å². The molecule has 0 saturated carbocycles. The molecule has 0 bridgehead atoms. The minimum Gasteiger partial charge on any atom is -0.337 e. The van der Waals surface area contributed by atoms with Crippen LogP contribution in [0.3, 0.4) is 0 Å². The SMILES string of the molecule is CCc1cccc(NC(=O)N2CCC[C@@H]2c2nc(-c3ccc(C)cc3)no2)c1. The highest BCUT2D eigenvalue weighted by Gasteiger charge is 2.34. The first-order valence-corrected chi connectivity index (χ1v) is 9.71. The first-order chi connectivity index (χ1) is 13.6. The van der Waals surface area contributed by atoms with Gasteiger partial charge in [-0.2, -0.15) is 4.98 Å². The number of carbonyl (C=O) groups excluding carboxylic acids is 1. The summed E-state index contributed by atoms with van der Waals surface area (Å²) in [6.45, 7) is 4.81. The highest BCUT2D eigenvalue weighted by atomic mass is 16.5. The quantitative estimate of drug-likeness (QED) is 0.697. The van der Waals surface area contributed by atoms with Crippen molar-refractivity contribution in [1.29, 1.82) is 0 Å². The Hall–Kier alpha value is -3.15. The molecule has 1 fully saturated rings. The van der Waals surface area contributed by atoms with Crippen molar-refractivity contribution in [1.82, 2.24) is 15.0 Å². The summed E-state index contributed by atoms with van der Waals surface area (Å²) in [6, 6.07) is 15.6. The average Bonchev–Trinajstić information content (AvgIpc) is 3.38. The van der Waals surface area contributed by atoms with Crippen molar-refractivity contribution >= 4 is 11.7 Å².